The topological polar surface area (TPSA) is 17.8 Å². The fraction of sp³-hybridized carbons (Fsp3) is 0.0714. The van der Waals surface area contributed by atoms with Crippen LogP contribution in [-0.2, 0) is 5.88 Å². The smallest absolute Gasteiger partial charge is 0.129 e. The first-order valence-corrected chi connectivity index (χ1v) is 7.56. The predicted octanol–water partition coefficient (Wildman–Crippen LogP) is 5.86. The average molecular weight is 364 g/mol. The summed E-state index contributed by atoms with van der Waals surface area (Å²) < 4.78 is 15.1. The molecule has 0 N–H and O–H groups in total. The molecule has 2 nitrogen and oxygen atoms in total. The van der Waals surface area contributed by atoms with Gasteiger partial charge in [0.2, 0.25) is 0 Å². The number of imidazole rings is 1. The maximum absolute atomic E-state index is 13.4. The highest BCUT2D eigenvalue weighted by Gasteiger charge is 2.18. The molecule has 3 rings (SSSR count). The normalized spacial score (nSPS) is 11.3. The Hall–Kier alpha value is -1.00. The molecule has 3 aromatic rings. The summed E-state index contributed by atoms with van der Waals surface area (Å²) >= 11 is 24.3. The summed E-state index contributed by atoms with van der Waals surface area (Å²) in [5.41, 5.74) is 1.83. The van der Waals surface area contributed by atoms with Crippen molar-refractivity contribution in [2.75, 3.05) is 0 Å². The second kappa shape index (κ2) is 5.65. The van der Waals surface area contributed by atoms with E-state index >= 15 is 0 Å². The van der Waals surface area contributed by atoms with Gasteiger partial charge in [0.05, 0.1) is 32.6 Å². The molecule has 0 amide bonds. The van der Waals surface area contributed by atoms with Gasteiger partial charge in [0.25, 0.3) is 0 Å². The number of rotatable bonds is 2. The molecular formula is C14H7Cl4FN2. The Labute approximate surface area is 140 Å². The van der Waals surface area contributed by atoms with Crippen LogP contribution in [0.2, 0.25) is 15.1 Å². The van der Waals surface area contributed by atoms with Crippen LogP contribution in [-0.4, -0.2) is 9.55 Å². The van der Waals surface area contributed by atoms with E-state index in [0.29, 0.717) is 27.6 Å². The molecule has 21 heavy (non-hydrogen) atoms. The molecule has 0 spiro atoms. The van der Waals surface area contributed by atoms with Gasteiger partial charge in [-0.2, -0.15) is 0 Å². The summed E-state index contributed by atoms with van der Waals surface area (Å²) in [7, 11) is 0. The molecule has 7 heteroatoms. The van der Waals surface area contributed by atoms with Gasteiger partial charge in [-0.3, -0.25) is 4.57 Å². The van der Waals surface area contributed by atoms with Crippen LogP contribution in [0.4, 0.5) is 4.39 Å². The quantitative estimate of drug-likeness (QED) is 0.521. The van der Waals surface area contributed by atoms with E-state index in [4.69, 9.17) is 46.4 Å². The van der Waals surface area contributed by atoms with E-state index in [1.807, 2.05) is 0 Å². The van der Waals surface area contributed by atoms with Gasteiger partial charge in [-0.15, -0.1) is 11.6 Å². The first-order chi connectivity index (χ1) is 10.0. The van der Waals surface area contributed by atoms with E-state index in [1.165, 1.54) is 12.1 Å². The van der Waals surface area contributed by atoms with Crippen LogP contribution in [0.3, 0.4) is 0 Å². The number of hydrogen-bond donors (Lipinski definition) is 0. The van der Waals surface area contributed by atoms with E-state index in [9.17, 15) is 4.39 Å². The summed E-state index contributed by atoms with van der Waals surface area (Å²) in [6.45, 7) is 0. The molecule has 1 aromatic heterocycles. The molecule has 0 saturated heterocycles. The van der Waals surface area contributed by atoms with Crippen LogP contribution < -0.4 is 0 Å². The van der Waals surface area contributed by atoms with Crippen LogP contribution in [0.15, 0.2) is 30.3 Å². The SMILES string of the molecule is Fc1cc(Cl)c(-n2c(CCl)nc3ccc(Cl)cc32)c(Cl)c1. The molecule has 0 unspecified atom stereocenters. The molecule has 0 atom stereocenters. The van der Waals surface area contributed by atoms with Crippen LogP contribution >= 0.6 is 46.4 Å². The van der Waals surface area contributed by atoms with Crippen LogP contribution in [0.25, 0.3) is 16.7 Å². The van der Waals surface area contributed by atoms with Crippen LogP contribution in [0.1, 0.15) is 5.82 Å². The first-order valence-electron chi connectivity index (χ1n) is 5.89. The minimum absolute atomic E-state index is 0.149. The lowest BCUT2D eigenvalue weighted by atomic mass is 10.2. The molecule has 0 aliphatic carbocycles. The zero-order valence-electron chi connectivity index (χ0n) is 10.4. The molecule has 0 radical (unpaired) electrons. The highest BCUT2D eigenvalue weighted by Crippen LogP contribution is 2.34. The summed E-state index contributed by atoms with van der Waals surface area (Å²) in [6.07, 6.45) is 0. The molecule has 2 aromatic carbocycles. The Bertz CT molecular complexity index is 821. The zero-order valence-corrected chi connectivity index (χ0v) is 13.4. The van der Waals surface area contributed by atoms with Gasteiger partial charge < -0.3 is 0 Å². The molecule has 0 saturated carbocycles. The number of nitrogens with zero attached hydrogens (tertiary/aromatic N) is 2. The van der Waals surface area contributed by atoms with Crippen molar-refractivity contribution in [2.45, 2.75) is 5.88 Å². The molecule has 1 heterocycles. The number of halogens is 5. The summed E-state index contributed by atoms with van der Waals surface area (Å²) in [5, 5.41) is 0.885. The largest absolute Gasteiger partial charge is 0.292 e. The summed E-state index contributed by atoms with van der Waals surface area (Å²) in [6, 6.07) is 7.62. The first kappa shape index (κ1) is 14.9. The average Bonchev–Trinajstić information content (AvgIpc) is 2.76. The van der Waals surface area contributed by atoms with Gasteiger partial charge in [-0.25, -0.2) is 9.37 Å². The predicted molar refractivity (Wildman–Crippen MR) is 85.6 cm³/mol. The lowest BCUT2D eigenvalue weighted by Gasteiger charge is -2.12. The number of alkyl halides is 1. The second-order valence-electron chi connectivity index (χ2n) is 4.35. The van der Waals surface area contributed by atoms with Crippen molar-refractivity contribution in [3.63, 3.8) is 0 Å². The van der Waals surface area contributed by atoms with Gasteiger partial charge in [-0.1, -0.05) is 34.8 Å². The van der Waals surface area contributed by atoms with E-state index in [0.717, 1.165) is 0 Å². The van der Waals surface area contributed by atoms with Gasteiger partial charge >= 0.3 is 0 Å². The van der Waals surface area contributed by atoms with Crippen LogP contribution in [0, 0.1) is 5.82 Å². The van der Waals surface area contributed by atoms with Crippen LogP contribution in [0.5, 0.6) is 0 Å². The number of hydrogen-bond acceptors (Lipinski definition) is 1. The van der Waals surface area contributed by atoms with E-state index < -0.39 is 5.82 Å². The van der Waals surface area contributed by atoms with Crippen molar-refractivity contribution in [1.82, 2.24) is 9.55 Å². The lowest BCUT2D eigenvalue weighted by molar-refractivity contribution is 0.627. The molecule has 108 valence electrons. The molecular weight excluding hydrogens is 357 g/mol. The fourth-order valence-electron chi connectivity index (χ4n) is 2.19. The molecule has 0 aliphatic rings. The monoisotopic (exact) mass is 362 g/mol. The Balaban J connectivity index is 2.41. The third-order valence-corrected chi connectivity index (χ3v) is 4.06. The third kappa shape index (κ3) is 2.59. The number of fused-ring (bicyclic) bond motifs is 1. The Morgan fingerprint density at radius 2 is 1.71 bits per heavy atom. The van der Waals surface area contributed by atoms with Crippen molar-refractivity contribution in [2.24, 2.45) is 0 Å². The van der Waals surface area contributed by atoms with Crippen molar-refractivity contribution < 1.29 is 4.39 Å². The zero-order chi connectivity index (χ0) is 15.1. The summed E-state index contributed by atoms with van der Waals surface area (Å²) in [5.74, 6) is 0.184. The maximum atomic E-state index is 13.4. The molecule has 0 fully saturated rings. The highest BCUT2D eigenvalue weighted by atomic mass is 35.5. The standard InChI is InChI=1S/C14H7Cl4FN2/c15-6-13-20-11-2-1-7(16)3-12(11)21(13)14-9(17)4-8(19)5-10(14)18/h1-5H,6H2. The van der Waals surface area contributed by atoms with Crippen molar-refractivity contribution in [3.05, 3.63) is 57.0 Å². The number of benzene rings is 2. The van der Waals surface area contributed by atoms with E-state index in [-0.39, 0.29) is 15.9 Å². The van der Waals surface area contributed by atoms with Crippen molar-refractivity contribution in [1.29, 1.82) is 0 Å². The maximum Gasteiger partial charge on any atom is 0.129 e. The molecule has 0 aliphatic heterocycles. The van der Waals surface area contributed by atoms with Gasteiger partial charge in [-0.05, 0) is 30.3 Å². The Kier molecular flexibility index (Phi) is 4.02. The minimum atomic E-state index is -0.511. The van der Waals surface area contributed by atoms with Gasteiger partial charge in [0.15, 0.2) is 0 Å². The highest BCUT2D eigenvalue weighted by molar-refractivity contribution is 6.38. The Morgan fingerprint density at radius 3 is 2.33 bits per heavy atom. The van der Waals surface area contributed by atoms with Gasteiger partial charge in [0.1, 0.15) is 11.6 Å². The fourth-order valence-corrected chi connectivity index (χ4v) is 3.16. The Morgan fingerprint density at radius 1 is 1.05 bits per heavy atom. The lowest BCUT2D eigenvalue weighted by Crippen LogP contribution is -2.01. The van der Waals surface area contributed by atoms with E-state index in [2.05, 4.69) is 4.98 Å². The van der Waals surface area contributed by atoms with Crippen molar-refractivity contribution in [3.8, 4) is 5.69 Å². The minimum Gasteiger partial charge on any atom is -0.292 e. The summed E-state index contributed by atoms with van der Waals surface area (Å²) in [4.78, 5) is 4.41. The molecule has 0 bridgehead atoms. The van der Waals surface area contributed by atoms with E-state index in [1.54, 1.807) is 22.8 Å². The van der Waals surface area contributed by atoms with Gasteiger partial charge in [0, 0.05) is 5.02 Å². The third-order valence-electron chi connectivity index (χ3n) is 3.01. The second-order valence-corrected chi connectivity index (χ2v) is 5.87. The number of aromatic nitrogens is 2. The van der Waals surface area contributed by atoms with Crippen molar-refractivity contribution >= 4 is 57.4 Å².